The van der Waals surface area contributed by atoms with E-state index in [0.717, 1.165) is 11.3 Å². The van der Waals surface area contributed by atoms with Crippen molar-refractivity contribution in [3.05, 3.63) is 28.8 Å². The third-order valence-corrected chi connectivity index (χ3v) is 2.80. The van der Waals surface area contributed by atoms with E-state index < -0.39 is 0 Å². The van der Waals surface area contributed by atoms with Crippen LogP contribution in [0.4, 0.5) is 0 Å². The summed E-state index contributed by atoms with van der Waals surface area (Å²) >= 11 is 0. The molecule has 1 N–H and O–H groups in total. The van der Waals surface area contributed by atoms with Gasteiger partial charge in [-0.1, -0.05) is 19.1 Å². The van der Waals surface area contributed by atoms with Crippen molar-refractivity contribution in [3.63, 3.8) is 0 Å². The van der Waals surface area contributed by atoms with Gasteiger partial charge >= 0.3 is 0 Å². The molecule has 0 saturated heterocycles. The zero-order chi connectivity index (χ0) is 11.4. The second-order valence-corrected chi connectivity index (χ2v) is 3.94. The highest BCUT2D eigenvalue weighted by Crippen LogP contribution is 2.31. The Kier molecular flexibility index (Phi) is 4.15. The van der Waals surface area contributed by atoms with Crippen molar-refractivity contribution >= 4 is 0 Å². The standard InChI is InChI=1S/C13H20O2/c1-5-15-13-11(4)9(2)6-7-12(13)10(3)8-14/h6-7,10,14H,5,8H2,1-4H3. The third-order valence-electron chi connectivity index (χ3n) is 2.80. The molecule has 1 unspecified atom stereocenters. The van der Waals surface area contributed by atoms with Crippen LogP contribution in [0.5, 0.6) is 5.75 Å². The largest absolute Gasteiger partial charge is 0.493 e. The van der Waals surface area contributed by atoms with Crippen LogP contribution in [0.15, 0.2) is 12.1 Å². The first kappa shape index (κ1) is 12.1. The molecular formula is C13H20O2. The number of aliphatic hydroxyl groups is 1. The monoisotopic (exact) mass is 208 g/mol. The van der Waals surface area contributed by atoms with Gasteiger partial charge in [0, 0.05) is 12.5 Å². The molecule has 0 fully saturated rings. The minimum Gasteiger partial charge on any atom is -0.493 e. The van der Waals surface area contributed by atoms with Crippen LogP contribution < -0.4 is 4.74 Å². The minimum absolute atomic E-state index is 0.130. The lowest BCUT2D eigenvalue weighted by atomic mass is 9.96. The maximum Gasteiger partial charge on any atom is 0.125 e. The lowest BCUT2D eigenvalue weighted by molar-refractivity contribution is 0.266. The molecular weight excluding hydrogens is 188 g/mol. The Bertz CT molecular complexity index is 332. The van der Waals surface area contributed by atoms with Gasteiger partial charge < -0.3 is 9.84 Å². The van der Waals surface area contributed by atoms with Crippen molar-refractivity contribution < 1.29 is 9.84 Å². The van der Waals surface area contributed by atoms with Gasteiger partial charge in [-0.3, -0.25) is 0 Å². The van der Waals surface area contributed by atoms with Gasteiger partial charge in [0.1, 0.15) is 5.75 Å². The normalized spacial score (nSPS) is 12.6. The summed E-state index contributed by atoms with van der Waals surface area (Å²) in [6.45, 7) is 8.94. The second-order valence-electron chi connectivity index (χ2n) is 3.94. The highest BCUT2D eigenvalue weighted by atomic mass is 16.5. The summed E-state index contributed by atoms with van der Waals surface area (Å²) in [5.41, 5.74) is 3.50. The number of hydrogen-bond acceptors (Lipinski definition) is 2. The summed E-state index contributed by atoms with van der Waals surface area (Å²) < 4.78 is 5.66. The lowest BCUT2D eigenvalue weighted by Gasteiger charge is -2.18. The summed E-state index contributed by atoms with van der Waals surface area (Å²) in [7, 11) is 0. The molecule has 0 aliphatic carbocycles. The molecule has 0 heterocycles. The highest BCUT2D eigenvalue weighted by molar-refractivity contribution is 5.46. The van der Waals surface area contributed by atoms with Gasteiger partial charge in [-0.25, -0.2) is 0 Å². The molecule has 0 amide bonds. The first-order valence-corrected chi connectivity index (χ1v) is 5.45. The number of aliphatic hydroxyl groups excluding tert-OH is 1. The van der Waals surface area contributed by atoms with Gasteiger partial charge in [-0.15, -0.1) is 0 Å². The molecule has 1 rings (SSSR count). The molecule has 0 radical (unpaired) electrons. The average Bonchev–Trinajstić information content (AvgIpc) is 2.24. The van der Waals surface area contributed by atoms with E-state index >= 15 is 0 Å². The topological polar surface area (TPSA) is 29.5 Å². The summed E-state index contributed by atoms with van der Waals surface area (Å²) in [6, 6.07) is 4.13. The fourth-order valence-corrected chi connectivity index (χ4v) is 1.63. The molecule has 1 aromatic rings. The van der Waals surface area contributed by atoms with Crippen molar-refractivity contribution in [2.75, 3.05) is 13.2 Å². The Morgan fingerprint density at radius 1 is 1.33 bits per heavy atom. The number of rotatable bonds is 4. The zero-order valence-corrected chi connectivity index (χ0v) is 10.0. The van der Waals surface area contributed by atoms with Crippen LogP contribution in [0.1, 0.15) is 36.5 Å². The highest BCUT2D eigenvalue weighted by Gasteiger charge is 2.14. The minimum atomic E-state index is 0.130. The van der Waals surface area contributed by atoms with E-state index in [1.807, 2.05) is 19.9 Å². The van der Waals surface area contributed by atoms with Crippen molar-refractivity contribution in [2.45, 2.75) is 33.6 Å². The predicted molar refractivity (Wildman–Crippen MR) is 62.6 cm³/mol. The van der Waals surface area contributed by atoms with E-state index in [9.17, 15) is 5.11 Å². The van der Waals surface area contributed by atoms with Gasteiger partial charge in [-0.2, -0.15) is 0 Å². The van der Waals surface area contributed by atoms with E-state index in [1.54, 1.807) is 0 Å². The molecule has 0 bridgehead atoms. The molecule has 0 aliphatic rings. The molecule has 1 atom stereocenters. The molecule has 0 saturated carbocycles. The smallest absolute Gasteiger partial charge is 0.125 e. The second kappa shape index (κ2) is 5.17. The summed E-state index contributed by atoms with van der Waals surface area (Å²) in [5, 5.41) is 9.19. The van der Waals surface area contributed by atoms with Gasteiger partial charge in [-0.05, 0) is 37.5 Å². The Labute approximate surface area is 91.9 Å². The van der Waals surface area contributed by atoms with E-state index in [0.29, 0.717) is 6.61 Å². The zero-order valence-electron chi connectivity index (χ0n) is 10.0. The molecule has 84 valence electrons. The van der Waals surface area contributed by atoms with Crippen molar-refractivity contribution in [1.82, 2.24) is 0 Å². The van der Waals surface area contributed by atoms with Crippen LogP contribution >= 0.6 is 0 Å². The van der Waals surface area contributed by atoms with Crippen LogP contribution in [-0.2, 0) is 0 Å². The third kappa shape index (κ3) is 2.51. The first-order valence-electron chi connectivity index (χ1n) is 5.45. The quantitative estimate of drug-likeness (QED) is 0.824. The molecule has 2 nitrogen and oxygen atoms in total. The Morgan fingerprint density at radius 2 is 2.00 bits per heavy atom. The van der Waals surface area contributed by atoms with Gasteiger partial charge in [0.15, 0.2) is 0 Å². The van der Waals surface area contributed by atoms with Crippen LogP contribution in [0.3, 0.4) is 0 Å². The van der Waals surface area contributed by atoms with Gasteiger partial charge in [0.25, 0.3) is 0 Å². The average molecular weight is 208 g/mol. The number of hydrogen-bond donors (Lipinski definition) is 1. The van der Waals surface area contributed by atoms with Crippen LogP contribution in [0.2, 0.25) is 0 Å². The van der Waals surface area contributed by atoms with Crippen molar-refractivity contribution in [3.8, 4) is 5.75 Å². The maximum absolute atomic E-state index is 9.19. The summed E-state index contributed by atoms with van der Waals surface area (Å²) in [5.74, 6) is 1.07. The molecule has 2 heteroatoms. The molecule has 15 heavy (non-hydrogen) atoms. The maximum atomic E-state index is 9.19. The van der Waals surface area contributed by atoms with E-state index in [2.05, 4.69) is 19.9 Å². The molecule has 0 spiro atoms. The number of ether oxygens (including phenoxy) is 1. The predicted octanol–water partition coefficient (Wildman–Crippen LogP) is 2.80. The van der Waals surface area contributed by atoms with Gasteiger partial charge in [0.05, 0.1) is 6.61 Å². The molecule has 1 aromatic carbocycles. The van der Waals surface area contributed by atoms with Crippen LogP contribution in [0.25, 0.3) is 0 Å². The summed E-state index contributed by atoms with van der Waals surface area (Å²) in [6.07, 6.45) is 0. The fraction of sp³-hybridized carbons (Fsp3) is 0.538. The Balaban J connectivity index is 3.20. The molecule has 0 aliphatic heterocycles. The van der Waals surface area contributed by atoms with Gasteiger partial charge in [0.2, 0.25) is 0 Å². The van der Waals surface area contributed by atoms with Crippen LogP contribution in [-0.4, -0.2) is 18.3 Å². The first-order chi connectivity index (χ1) is 7.11. The van der Waals surface area contributed by atoms with E-state index in [4.69, 9.17) is 4.74 Å². The summed E-state index contributed by atoms with van der Waals surface area (Å²) in [4.78, 5) is 0. The number of aryl methyl sites for hydroxylation is 1. The van der Waals surface area contributed by atoms with E-state index in [1.165, 1.54) is 11.1 Å². The van der Waals surface area contributed by atoms with E-state index in [-0.39, 0.29) is 12.5 Å². The fourth-order valence-electron chi connectivity index (χ4n) is 1.63. The lowest BCUT2D eigenvalue weighted by Crippen LogP contribution is -2.06. The number of benzene rings is 1. The van der Waals surface area contributed by atoms with Crippen molar-refractivity contribution in [2.24, 2.45) is 0 Å². The SMILES string of the molecule is CCOc1c(C(C)CO)ccc(C)c1C. The Hall–Kier alpha value is -1.02. The van der Waals surface area contributed by atoms with Crippen molar-refractivity contribution in [1.29, 1.82) is 0 Å². The Morgan fingerprint density at radius 3 is 2.53 bits per heavy atom. The molecule has 0 aromatic heterocycles. The van der Waals surface area contributed by atoms with Crippen LogP contribution in [0, 0.1) is 13.8 Å².